The number of carbonyl (C=O) groups excluding carboxylic acids is 1. The molecule has 4 rings (SSSR count). The van der Waals surface area contributed by atoms with Crippen LogP contribution >= 0.6 is 11.6 Å². The van der Waals surface area contributed by atoms with Crippen LogP contribution in [0.15, 0.2) is 83.8 Å². The van der Waals surface area contributed by atoms with Crippen molar-refractivity contribution in [3.63, 3.8) is 0 Å². The summed E-state index contributed by atoms with van der Waals surface area (Å²) in [6.45, 7) is 0.923. The first-order valence-electron chi connectivity index (χ1n) is 10.7. The summed E-state index contributed by atoms with van der Waals surface area (Å²) in [6, 6.07) is 22.3. The number of hydrogen-bond acceptors (Lipinski definition) is 4. The molecule has 0 bridgehead atoms. The van der Waals surface area contributed by atoms with Crippen LogP contribution < -0.4 is 4.72 Å². The number of nitrogens with zero attached hydrogens (tertiary/aromatic N) is 1. The van der Waals surface area contributed by atoms with Gasteiger partial charge in [0.1, 0.15) is 4.90 Å². The average Bonchev–Trinajstić information content (AvgIpc) is 2.80. The zero-order valence-corrected chi connectivity index (χ0v) is 19.5. The number of anilines is 1. The number of benzene rings is 3. The Morgan fingerprint density at radius 2 is 1.55 bits per heavy atom. The molecule has 1 aliphatic rings. The third-order valence-electron chi connectivity index (χ3n) is 5.87. The molecule has 8 heteroatoms. The van der Waals surface area contributed by atoms with Crippen molar-refractivity contribution < 1.29 is 18.3 Å². The molecule has 0 radical (unpaired) electrons. The number of sulfonamides is 1. The molecule has 1 saturated heterocycles. The van der Waals surface area contributed by atoms with Gasteiger partial charge >= 0.3 is 0 Å². The molecule has 0 spiro atoms. The number of aliphatic hydroxyl groups is 1. The van der Waals surface area contributed by atoms with Gasteiger partial charge in [0.25, 0.3) is 15.9 Å². The van der Waals surface area contributed by atoms with E-state index in [0.717, 1.165) is 5.56 Å². The van der Waals surface area contributed by atoms with E-state index in [1.165, 1.54) is 12.1 Å². The van der Waals surface area contributed by atoms with Crippen LogP contribution in [0.2, 0.25) is 5.02 Å². The predicted octanol–water partition coefficient (Wildman–Crippen LogP) is 4.35. The highest BCUT2D eigenvalue weighted by Crippen LogP contribution is 2.28. The summed E-state index contributed by atoms with van der Waals surface area (Å²) in [5.74, 6) is -0.141. The van der Waals surface area contributed by atoms with Gasteiger partial charge in [-0.25, -0.2) is 8.42 Å². The highest BCUT2D eigenvalue weighted by Gasteiger charge is 2.34. The molecule has 1 heterocycles. The van der Waals surface area contributed by atoms with Crippen molar-refractivity contribution in [2.75, 3.05) is 17.8 Å². The molecule has 0 aliphatic carbocycles. The van der Waals surface area contributed by atoms with Crippen molar-refractivity contribution in [1.82, 2.24) is 4.90 Å². The summed E-state index contributed by atoms with van der Waals surface area (Å²) in [5.41, 5.74) is 1.06. The Kier molecular flexibility index (Phi) is 6.74. The lowest BCUT2D eigenvalue weighted by atomic mass is 9.85. The summed E-state index contributed by atoms with van der Waals surface area (Å²) < 4.78 is 27.7. The maximum atomic E-state index is 12.9. The Labute approximate surface area is 198 Å². The van der Waals surface area contributed by atoms with Crippen LogP contribution in [0.1, 0.15) is 28.8 Å². The van der Waals surface area contributed by atoms with Gasteiger partial charge in [0.2, 0.25) is 0 Å². The summed E-state index contributed by atoms with van der Waals surface area (Å²) in [5, 5.41) is 11.1. The van der Waals surface area contributed by atoms with Crippen molar-refractivity contribution >= 4 is 33.2 Å². The van der Waals surface area contributed by atoms with Gasteiger partial charge in [-0.15, -0.1) is 0 Å². The zero-order chi connectivity index (χ0) is 23.5. The number of halogens is 1. The van der Waals surface area contributed by atoms with Gasteiger partial charge in [-0.2, -0.15) is 0 Å². The third kappa shape index (κ3) is 5.55. The molecule has 1 fully saturated rings. The highest BCUT2D eigenvalue weighted by atomic mass is 35.5. The summed E-state index contributed by atoms with van der Waals surface area (Å²) >= 11 is 6.01. The Hall–Kier alpha value is -2.87. The maximum absolute atomic E-state index is 12.9. The van der Waals surface area contributed by atoms with E-state index in [1.807, 2.05) is 30.3 Å². The molecule has 0 unspecified atom stereocenters. The number of nitrogens with one attached hydrogen (secondary N) is 1. The fourth-order valence-electron chi connectivity index (χ4n) is 4.01. The smallest absolute Gasteiger partial charge is 0.263 e. The number of amides is 1. The Balaban J connectivity index is 1.37. The normalized spacial score (nSPS) is 15.8. The van der Waals surface area contributed by atoms with Gasteiger partial charge in [0.15, 0.2) is 0 Å². The Morgan fingerprint density at radius 3 is 2.18 bits per heavy atom. The van der Waals surface area contributed by atoms with Gasteiger partial charge in [-0.1, -0.05) is 54.1 Å². The van der Waals surface area contributed by atoms with Crippen LogP contribution in [-0.2, 0) is 16.4 Å². The van der Waals surface area contributed by atoms with Crippen molar-refractivity contribution in [2.24, 2.45) is 0 Å². The molecule has 6 nitrogen and oxygen atoms in total. The fourth-order valence-corrected chi connectivity index (χ4v) is 5.59. The standard InChI is InChI=1S/C25H25ClN2O4S/c26-22-8-4-5-9-23(22)33(31,32)27-21-12-10-20(11-13-21)24(29)28-16-14-25(30,15-17-28)18-19-6-2-1-3-7-19/h1-13,27,30H,14-18H2. The van der Waals surface area contributed by atoms with Crippen molar-refractivity contribution in [2.45, 2.75) is 29.8 Å². The SMILES string of the molecule is O=C(c1ccc(NS(=O)(=O)c2ccccc2Cl)cc1)N1CCC(O)(Cc2ccccc2)CC1. The minimum atomic E-state index is -3.84. The second kappa shape index (κ2) is 9.55. The minimum absolute atomic E-state index is 0.0110. The summed E-state index contributed by atoms with van der Waals surface area (Å²) in [7, 11) is -3.84. The molecular weight excluding hydrogens is 460 g/mol. The lowest BCUT2D eigenvalue weighted by Gasteiger charge is -2.38. The van der Waals surface area contributed by atoms with E-state index in [9.17, 15) is 18.3 Å². The van der Waals surface area contributed by atoms with Crippen LogP contribution in [0.5, 0.6) is 0 Å². The Morgan fingerprint density at radius 1 is 0.939 bits per heavy atom. The molecule has 1 aliphatic heterocycles. The number of rotatable bonds is 6. The molecule has 0 saturated carbocycles. The van der Waals surface area contributed by atoms with Gasteiger partial charge in [0, 0.05) is 30.8 Å². The first kappa shape index (κ1) is 23.3. The van der Waals surface area contributed by atoms with E-state index < -0.39 is 15.6 Å². The van der Waals surface area contributed by atoms with Gasteiger partial charge in [0.05, 0.1) is 10.6 Å². The molecule has 33 heavy (non-hydrogen) atoms. The first-order chi connectivity index (χ1) is 15.8. The van der Waals surface area contributed by atoms with Gasteiger partial charge in [-0.05, 0) is 54.8 Å². The first-order valence-corrected chi connectivity index (χ1v) is 12.5. The summed E-state index contributed by atoms with van der Waals surface area (Å²) in [6.07, 6.45) is 1.57. The van der Waals surface area contributed by atoms with Crippen LogP contribution in [-0.4, -0.2) is 43.0 Å². The Bertz CT molecular complexity index is 1220. The second-order valence-corrected chi connectivity index (χ2v) is 10.4. The molecule has 1 amide bonds. The van der Waals surface area contributed by atoms with Gasteiger partial charge < -0.3 is 10.0 Å². The largest absolute Gasteiger partial charge is 0.389 e. The van der Waals surface area contributed by atoms with Crippen molar-refractivity contribution in [1.29, 1.82) is 0 Å². The number of likely N-dealkylation sites (tertiary alicyclic amines) is 1. The lowest BCUT2D eigenvalue weighted by molar-refractivity contribution is -0.0162. The average molecular weight is 485 g/mol. The third-order valence-corrected chi connectivity index (χ3v) is 7.75. The van der Waals surface area contributed by atoms with E-state index in [1.54, 1.807) is 41.3 Å². The molecule has 0 atom stereocenters. The lowest BCUT2D eigenvalue weighted by Crippen LogP contribution is -2.47. The highest BCUT2D eigenvalue weighted by molar-refractivity contribution is 7.92. The quantitative estimate of drug-likeness (QED) is 0.544. The van der Waals surface area contributed by atoms with Crippen LogP contribution in [0.4, 0.5) is 5.69 Å². The van der Waals surface area contributed by atoms with Gasteiger partial charge in [-0.3, -0.25) is 9.52 Å². The molecule has 3 aromatic rings. The van der Waals surface area contributed by atoms with Crippen molar-refractivity contribution in [3.8, 4) is 0 Å². The van der Waals surface area contributed by atoms with E-state index in [-0.39, 0.29) is 15.8 Å². The van der Waals surface area contributed by atoms with Crippen LogP contribution in [0.25, 0.3) is 0 Å². The van der Waals surface area contributed by atoms with E-state index >= 15 is 0 Å². The summed E-state index contributed by atoms with van der Waals surface area (Å²) in [4.78, 5) is 14.6. The predicted molar refractivity (Wildman–Crippen MR) is 129 cm³/mol. The topological polar surface area (TPSA) is 86.7 Å². The van der Waals surface area contributed by atoms with E-state index in [0.29, 0.717) is 43.6 Å². The number of carbonyl (C=O) groups is 1. The second-order valence-electron chi connectivity index (χ2n) is 8.29. The molecular formula is C25H25ClN2O4S. The van der Waals surface area contributed by atoms with E-state index in [2.05, 4.69) is 4.72 Å². The zero-order valence-electron chi connectivity index (χ0n) is 17.9. The molecule has 3 aromatic carbocycles. The fraction of sp³-hybridized carbons (Fsp3) is 0.240. The molecule has 0 aromatic heterocycles. The van der Waals surface area contributed by atoms with Crippen LogP contribution in [0, 0.1) is 0 Å². The number of hydrogen-bond donors (Lipinski definition) is 2. The molecule has 172 valence electrons. The monoisotopic (exact) mass is 484 g/mol. The van der Waals surface area contributed by atoms with Crippen molar-refractivity contribution in [3.05, 3.63) is 95.0 Å². The maximum Gasteiger partial charge on any atom is 0.263 e. The molecule has 2 N–H and O–H groups in total. The van der Waals surface area contributed by atoms with Crippen LogP contribution in [0.3, 0.4) is 0 Å². The van der Waals surface area contributed by atoms with E-state index in [4.69, 9.17) is 11.6 Å². The number of piperidine rings is 1. The minimum Gasteiger partial charge on any atom is -0.389 e.